The molecule has 0 atom stereocenters. The van der Waals surface area contributed by atoms with Crippen LogP contribution in [0.25, 0.3) is 0 Å². The maximum absolute atomic E-state index is 12.3. The highest BCUT2D eigenvalue weighted by atomic mass is 16.6. The van der Waals surface area contributed by atoms with Crippen LogP contribution in [0.4, 0.5) is 32.3 Å². The Morgan fingerprint density at radius 2 is 1.00 bits per heavy atom. The summed E-state index contributed by atoms with van der Waals surface area (Å²) in [5.41, 5.74) is 15.8. The third kappa shape index (κ3) is 6.52. The first-order valence-electron chi connectivity index (χ1n) is 13.0. The van der Waals surface area contributed by atoms with Crippen molar-refractivity contribution in [3.05, 3.63) is 47.5 Å². The van der Waals surface area contributed by atoms with Gasteiger partial charge in [-0.3, -0.25) is 9.80 Å². The van der Waals surface area contributed by atoms with Gasteiger partial charge in [0.25, 0.3) is 0 Å². The smallest absolute Gasteiger partial charge is 0.414 e. The number of nitrogen functional groups attached to an aromatic ring is 2. The van der Waals surface area contributed by atoms with E-state index < -0.39 is 11.2 Å². The van der Waals surface area contributed by atoms with Crippen molar-refractivity contribution in [3.8, 4) is 0 Å². The minimum atomic E-state index is -0.496. The minimum Gasteiger partial charge on any atom is -0.443 e. The summed E-state index contributed by atoms with van der Waals surface area (Å²) in [6.45, 7) is 20.9. The topological polar surface area (TPSA) is 111 Å². The molecule has 0 aromatic heterocycles. The Hall–Kier alpha value is -3.42. The summed E-state index contributed by atoms with van der Waals surface area (Å²) in [6.07, 6.45) is -0.630. The molecule has 0 saturated carbocycles. The highest BCUT2D eigenvalue weighted by molar-refractivity contribution is 5.93. The second-order valence-corrected chi connectivity index (χ2v) is 13.5. The number of ether oxygens (including phenoxy) is 2. The van der Waals surface area contributed by atoms with Gasteiger partial charge in [-0.05, 0) is 76.9 Å². The fourth-order valence-corrected chi connectivity index (χ4v) is 4.78. The molecule has 0 fully saturated rings. The Labute approximate surface area is 227 Å². The molecule has 2 heterocycles. The molecule has 2 aliphatic heterocycles. The number of hydrogen-bond donors (Lipinski definition) is 2. The summed E-state index contributed by atoms with van der Waals surface area (Å²) in [6, 6.07) is 11.4. The number of nitrogens with zero attached hydrogens (tertiary/aromatic N) is 2. The van der Waals surface area contributed by atoms with E-state index in [0.29, 0.717) is 24.5 Å². The van der Waals surface area contributed by atoms with E-state index >= 15 is 0 Å². The molecule has 0 aliphatic carbocycles. The van der Waals surface area contributed by atoms with E-state index in [1.165, 1.54) is 0 Å². The second-order valence-electron chi connectivity index (χ2n) is 13.5. The van der Waals surface area contributed by atoms with E-state index in [1.54, 1.807) is 9.80 Å². The zero-order chi connectivity index (χ0) is 28.8. The van der Waals surface area contributed by atoms with Crippen LogP contribution in [-0.2, 0) is 20.3 Å². The third-order valence-corrected chi connectivity index (χ3v) is 6.42. The summed E-state index contributed by atoms with van der Waals surface area (Å²) in [7, 11) is 0. The zero-order valence-electron chi connectivity index (χ0n) is 24.6. The molecule has 0 unspecified atom stereocenters. The van der Waals surface area contributed by atoms with E-state index in [4.69, 9.17) is 20.9 Å². The predicted octanol–water partition coefficient (Wildman–Crippen LogP) is 6.60. The maximum atomic E-state index is 12.3. The Bertz CT molecular complexity index is 1130. The lowest BCUT2D eigenvalue weighted by molar-refractivity contribution is 0.0568. The maximum Gasteiger partial charge on any atom is 0.414 e. The van der Waals surface area contributed by atoms with E-state index in [1.807, 2.05) is 77.9 Å². The number of fused-ring (bicyclic) bond motifs is 2. The molecule has 0 bridgehead atoms. The molecule has 0 saturated heterocycles. The lowest BCUT2D eigenvalue weighted by atomic mass is 9.87. The molecular weight excluding hydrogens is 480 g/mol. The van der Waals surface area contributed by atoms with Gasteiger partial charge in [-0.25, -0.2) is 9.59 Å². The monoisotopic (exact) mass is 524 g/mol. The zero-order valence-corrected chi connectivity index (χ0v) is 24.6. The summed E-state index contributed by atoms with van der Waals surface area (Å²) in [5.74, 6) is 0. The number of anilines is 4. The van der Waals surface area contributed by atoms with Gasteiger partial charge in [0.05, 0.1) is 11.4 Å². The number of benzene rings is 2. The standard InChI is InChI=1S/2C15H22N2O2/c2*1-14(2,3)19-13(18)17-9-15(4,5)11-7-6-10(16)8-12(11)17/h2*6-8H,9,16H2,1-5H3. The largest absolute Gasteiger partial charge is 0.443 e. The Morgan fingerprint density at radius 1 is 0.684 bits per heavy atom. The van der Waals surface area contributed by atoms with Crippen molar-refractivity contribution in [2.24, 2.45) is 0 Å². The number of nitrogens with two attached hydrogens (primary N) is 2. The predicted molar refractivity (Wildman–Crippen MR) is 155 cm³/mol. The van der Waals surface area contributed by atoms with E-state index in [0.717, 1.165) is 22.5 Å². The van der Waals surface area contributed by atoms with Gasteiger partial charge in [0.15, 0.2) is 0 Å². The molecule has 0 spiro atoms. The van der Waals surface area contributed by atoms with Crippen LogP contribution in [0.5, 0.6) is 0 Å². The first-order valence-corrected chi connectivity index (χ1v) is 13.0. The van der Waals surface area contributed by atoms with Crippen LogP contribution in [0.1, 0.15) is 80.4 Å². The lowest BCUT2D eigenvalue weighted by Crippen LogP contribution is -2.38. The highest BCUT2D eigenvalue weighted by Gasteiger charge is 2.41. The molecule has 2 aromatic rings. The van der Waals surface area contributed by atoms with Gasteiger partial charge in [-0.15, -0.1) is 0 Å². The summed E-state index contributed by atoms with van der Waals surface area (Å²) >= 11 is 0. The molecule has 2 aromatic carbocycles. The molecule has 0 radical (unpaired) electrons. The van der Waals surface area contributed by atoms with Crippen molar-refractivity contribution in [2.45, 2.75) is 91.3 Å². The summed E-state index contributed by atoms with van der Waals surface area (Å²) in [4.78, 5) is 27.9. The number of amides is 2. The normalized spacial score (nSPS) is 17.2. The average molecular weight is 525 g/mol. The fraction of sp³-hybridized carbons (Fsp3) is 0.533. The molecule has 8 nitrogen and oxygen atoms in total. The van der Waals surface area contributed by atoms with E-state index in [-0.39, 0.29) is 23.0 Å². The third-order valence-electron chi connectivity index (χ3n) is 6.42. The molecule has 2 amide bonds. The van der Waals surface area contributed by atoms with Gasteiger partial charge in [-0.2, -0.15) is 0 Å². The lowest BCUT2D eigenvalue weighted by Gasteiger charge is -2.26. The fourth-order valence-electron chi connectivity index (χ4n) is 4.78. The molecule has 8 heteroatoms. The van der Waals surface area contributed by atoms with Crippen molar-refractivity contribution < 1.29 is 19.1 Å². The van der Waals surface area contributed by atoms with Crippen LogP contribution < -0.4 is 21.3 Å². The first-order chi connectivity index (χ1) is 17.2. The Balaban J connectivity index is 0.000000211. The molecular formula is C30H44N4O4. The molecule has 2 aliphatic rings. The van der Waals surface area contributed by atoms with Crippen LogP contribution in [0, 0.1) is 0 Å². The molecule has 208 valence electrons. The number of carbonyl (C=O) groups excluding carboxylic acids is 2. The Kier molecular flexibility index (Phi) is 7.45. The van der Waals surface area contributed by atoms with Gasteiger partial charge < -0.3 is 20.9 Å². The van der Waals surface area contributed by atoms with Crippen molar-refractivity contribution >= 4 is 34.9 Å². The van der Waals surface area contributed by atoms with Gasteiger partial charge in [0.1, 0.15) is 11.2 Å². The number of rotatable bonds is 0. The van der Waals surface area contributed by atoms with E-state index in [2.05, 4.69) is 27.7 Å². The SMILES string of the molecule is CC(C)(C)OC(=O)N1CC(C)(C)c2ccc(N)cc21.CC(C)(C)OC(=O)N1CC(C)(C)c2ccc(N)cc21. The number of carbonyl (C=O) groups is 2. The van der Waals surface area contributed by atoms with Crippen molar-refractivity contribution in [1.82, 2.24) is 0 Å². The van der Waals surface area contributed by atoms with Gasteiger partial charge >= 0.3 is 12.2 Å². The van der Waals surface area contributed by atoms with Crippen LogP contribution >= 0.6 is 0 Å². The van der Waals surface area contributed by atoms with Crippen molar-refractivity contribution in [3.63, 3.8) is 0 Å². The van der Waals surface area contributed by atoms with Crippen molar-refractivity contribution in [1.29, 1.82) is 0 Å². The number of hydrogen-bond acceptors (Lipinski definition) is 6. The first kappa shape index (κ1) is 29.1. The minimum absolute atomic E-state index is 0.0834. The van der Waals surface area contributed by atoms with Crippen LogP contribution in [0.15, 0.2) is 36.4 Å². The average Bonchev–Trinajstić information content (AvgIpc) is 3.15. The van der Waals surface area contributed by atoms with Gasteiger partial charge in [0, 0.05) is 35.3 Å². The quantitative estimate of drug-likeness (QED) is 0.376. The Morgan fingerprint density at radius 3 is 1.29 bits per heavy atom. The molecule has 38 heavy (non-hydrogen) atoms. The highest BCUT2D eigenvalue weighted by Crippen LogP contribution is 2.43. The van der Waals surface area contributed by atoms with Gasteiger partial charge in [-0.1, -0.05) is 39.8 Å². The van der Waals surface area contributed by atoms with Crippen molar-refractivity contribution in [2.75, 3.05) is 34.4 Å². The van der Waals surface area contributed by atoms with E-state index in [9.17, 15) is 9.59 Å². The van der Waals surface area contributed by atoms with Crippen LogP contribution in [0.3, 0.4) is 0 Å². The molecule has 4 rings (SSSR count). The summed E-state index contributed by atoms with van der Waals surface area (Å²) < 4.78 is 10.9. The second kappa shape index (κ2) is 9.71. The van der Waals surface area contributed by atoms with Crippen LogP contribution in [0.2, 0.25) is 0 Å². The van der Waals surface area contributed by atoms with Crippen LogP contribution in [-0.4, -0.2) is 36.5 Å². The van der Waals surface area contributed by atoms with Gasteiger partial charge in [0.2, 0.25) is 0 Å². The molecule has 4 N–H and O–H groups in total. The summed E-state index contributed by atoms with van der Waals surface area (Å²) in [5, 5.41) is 0.